The molecular formula is C13H17N3O2. The number of benzene rings is 1. The minimum absolute atomic E-state index is 0.102. The Morgan fingerprint density at radius 3 is 2.94 bits per heavy atom. The van der Waals surface area contributed by atoms with Gasteiger partial charge in [0.25, 0.3) is 0 Å². The lowest BCUT2D eigenvalue weighted by Crippen LogP contribution is -2.54. The van der Waals surface area contributed by atoms with Crippen molar-refractivity contribution in [3.05, 3.63) is 24.6 Å². The summed E-state index contributed by atoms with van der Waals surface area (Å²) >= 11 is 0. The average Bonchev–Trinajstić information content (AvgIpc) is 2.80. The molecule has 1 saturated heterocycles. The molecule has 0 bridgehead atoms. The highest BCUT2D eigenvalue weighted by Crippen LogP contribution is 2.29. The zero-order valence-electron chi connectivity index (χ0n) is 10.4. The lowest BCUT2D eigenvalue weighted by molar-refractivity contribution is -0.101. The molecule has 0 spiro atoms. The van der Waals surface area contributed by atoms with Crippen molar-refractivity contribution in [2.75, 3.05) is 38.3 Å². The normalized spacial score (nSPS) is 17.7. The molecule has 0 radical (unpaired) electrons. The van der Waals surface area contributed by atoms with Crippen LogP contribution in [0.1, 0.15) is 0 Å². The molecule has 1 aromatic heterocycles. The number of hydrogen-bond acceptors (Lipinski definition) is 5. The zero-order valence-corrected chi connectivity index (χ0v) is 10.4. The van der Waals surface area contributed by atoms with E-state index in [0.29, 0.717) is 6.54 Å². The Hall–Kier alpha value is -1.59. The van der Waals surface area contributed by atoms with Gasteiger partial charge in [-0.2, -0.15) is 0 Å². The number of rotatable bonds is 4. The summed E-state index contributed by atoms with van der Waals surface area (Å²) in [7, 11) is 2.06. The minimum atomic E-state index is 0.102. The summed E-state index contributed by atoms with van der Waals surface area (Å²) in [6, 6.07) is 6.03. The minimum Gasteiger partial charge on any atom is -0.443 e. The number of nitrogens with two attached hydrogens (primary N) is 1. The molecule has 0 aliphatic carbocycles. The van der Waals surface area contributed by atoms with Gasteiger partial charge < -0.3 is 19.8 Å². The molecule has 1 aliphatic heterocycles. The first kappa shape index (κ1) is 11.5. The molecule has 1 fully saturated rings. The molecule has 2 aromatic rings. The summed E-state index contributed by atoms with van der Waals surface area (Å²) in [4.78, 5) is 6.30. The number of fused-ring (bicyclic) bond motifs is 1. The van der Waals surface area contributed by atoms with Crippen LogP contribution in [0.25, 0.3) is 11.1 Å². The molecule has 3 rings (SSSR count). The van der Waals surface area contributed by atoms with E-state index in [9.17, 15) is 0 Å². The molecule has 0 atom stereocenters. The van der Waals surface area contributed by atoms with Crippen LogP contribution < -0.4 is 10.6 Å². The van der Waals surface area contributed by atoms with Crippen molar-refractivity contribution in [1.29, 1.82) is 0 Å². The molecule has 1 aromatic carbocycles. The van der Waals surface area contributed by atoms with E-state index in [1.807, 2.05) is 12.1 Å². The van der Waals surface area contributed by atoms with Crippen molar-refractivity contribution < 1.29 is 9.15 Å². The smallest absolute Gasteiger partial charge is 0.181 e. The second kappa shape index (κ2) is 4.26. The van der Waals surface area contributed by atoms with Gasteiger partial charge in [-0.3, -0.25) is 0 Å². The predicted octanol–water partition coefficient (Wildman–Crippen LogP) is 1.24. The van der Waals surface area contributed by atoms with Gasteiger partial charge in [0, 0.05) is 37.3 Å². The van der Waals surface area contributed by atoms with Crippen LogP contribution in [-0.4, -0.2) is 38.3 Å². The first-order chi connectivity index (χ1) is 8.72. The molecule has 5 nitrogen and oxygen atoms in total. The summed E-state index contributed by atoms with van der Waals surface area (Å²) in [6.07, 6.45) is 1.47. The van der Waals surface area contributed by atoms with Gasteiger partial charge in [-0.15, -0.1) is 0 Å². The first-order valence-corrected chi connectivity index (χ1v) is 6.05. The molecule has 1 aliphatic rings. The van der Waals surface area contributed by atoms with Gasteiger partial charge in [-0.05, 0) is 12.1 Å². The molecule has 0 saturated carbocycles. The van der Waals surface area contributed by atoms with E-state index in [1.165, 1.54) is 6.39 Å². The number of ether oxygens (including phenoxy) is 1. The van der Waals surface area contributed by atoms with Crippen LogP contribution in [0.2, 0.25) is 0 Å². The maximum Gasteiger partial charge on any atom is 0.181 e. The molecule has 18 heavy (non-hydrogen) atoms. The van der Waals surface area contributed by atoms with Crippen LogP contribution in [0.5, 0.6) is 0 Å². The highest BCUT2D eigenvalue weighted by molar-refractivity contribution is 5.77. The van der Waals surface area contributed by atoms with Crippen molar-refractivity contribution in [3.8, 4) is 0 Å². The summed E-state index contributed by atoms with van der Waals surface area (Å²) in [5, 5.41) is 0. The molecule has 2 N–H and O–H groups in total. The maximum atomic E-state index is 5.83. The predicted molar refractivity (Wildman–Crippen MR) is 69.6 cm³/mol. The van der Waals surface area contributed by atoms with Crippen molar-refractivity contribution in [3.63, 3.8) is 0 Å². The third-order valence-electron chi connectivity index (χ3n) is 3.58. The average molecular weight is 247 g/mol. The lowest BCUT2D eigenvalue weighted by Gasteiger charge is -2.43. The summed E-state index contributed by atoms with van der Waals surface area (Å²) in [5.74, 6) is 0. The number of aromatic nitrogens is 1. The highest BCUT2D eigenvalue weighted by Gasteiger charge is 2.38. The quantitative estimate of drug-likeness (QED) is 0.880. The Morgan fingerprint density at radius 2 is 2.28 bits per heavy atom. The number of oxazole rings is 1. The molecule has 0 unspecified atom stereocenters. The van der Waals surface area contributed by atoms with Crippen LogP contribution in [0.4, 0.5) is 5.69 Å². The topological polar surface area (TPSA) is 64.5 Å². The van der Waals surface area contributed by atoms with E-state index in [2.05, 4.69) is 23.0 Å². The van der Waals surface area contributed by atoms with E-state index in [-0.39, 0.29) is 5.41 Å². The maximum absolute atomic E-state index is 5.83. The molecule has 5 heteroatoms. The summed E-state index contributed by atoms with van der Waals surface area (Å²) in [5.41, 5.74) is 8.74. The van der Waals surface area contributed by atoms with Gasteiger partial charge >= 0.3 is 0 Å². The van der Waals surface area contributed by atoms with Gasteiger partial charge in [0.05, 0.1) is 13.2 Å². The fraction of sp³-hybridized carbons (Fsp3) is 0.462. The van der Waals surface area contributed by atoms with Crippen LogP contribution >= 0.6 is 0 Å². The summed E-state index contributed by atoms with van der Waals surface area (Å²) in [6.45, 7) is 3.04. The van der Waals surface area contributed by atoms with E-state index in [1.54, 1.807) is 0 Å². The number of anilines is 1. The van der Waals surface area contributed by atoms with E-state index in [0.717, 1.165) is 36.5 Å². The Morgan fingerprint density at radius 1 is 1.44 bits per heavy atom. The van der Waals surface area contributed by atoms with Crippen LogP contribution in [0.3, 0.4) is 0 Å². The Bertz CT molecular complexity index is 542. The fourth-order valence-corrected chi connectivity index (χ4v) is 2.34. The van der Waals surface area contributed by atoms with Gasteiger partial charge in [-0.25, -0.2) is 4.98 Å². The zero-order chi connectivity index (χ0) is 12.6. The second-order valence-corrected chi connectivity index (χ2v) is 5.06. The van der Waals surface area contributed by atoms with Crippen molar-refractivity contribution in [2.24, 2.45) is 11.1 Å². The van der Waals surface area contributed by atoms with E-state index >= 15 is 0 Å². The van der Waals surface area contributed by atoms with Gasteiger partial charge in [-0.1, -0.05) is 0 Å². The number of nitrogens with zero attached hydrogens (tertiary/aromatic N) is 2. The van der Waals surface area contributed by atoms with Gasteiger partial charge in [0.15, 0.2) is 12.0 Å². The Labute approximate surface area is 106 Å². The third-order valence-corrected chi connectivity index (χ3v) is 3.58. The molecular weight excluding hydrogens is 230 g/mol. The third kappa shape index (κ3) is 1.85. The van der Waals surface area contributed by atoms with Gasteiger partial charge in [0.1, 0.15) is 5.52 Å². The first-order valence-electron chi connectivity index (χ1n) is 6.05. The van der Waals surface area contributed by atoms with Crippen LogP contribution in [-0.2, 0) is 4.74 Å². The molecule has 0 amide bonds. The van der Waals surface area contributed by atoms with Crippen LogP contribution in [0, 0.1) is 5.41 Å². The standard InChI is InChI=1S/C13H17N3O2/c1-16(6-13(5-14)7-17-8-13)10-2-3-11-12(4-10)18-9-15-11/h2-4,9H,5-8,14H2,1H3. The SMILES string of the molecule is CN(CC1(CN)COC1)c1ccc2ncoc2c1. The van der Waals surface area contributed by atoms with Crippen molar-refractivity contribution in [1.82, 2.24) is 4.98 Å². The van der Waals surface area contributed by atoms with Gasteiger partial charge in [0.2, 0.25) is 0 Å². The second-order valence-electron chi connectivity index (χ2n) is 5.06. The van der Waals surface area contributed by atoms with Crippen molar-refractivity contribution >= 4 is 16.8 Å². The fourth-order valence-electron chi connectivity index (χ4n) is 2.34. The molecule has 2 heterocycles. The highest BCUT2D eigenvalue weighted by atomic mass is 16.5. The van der Waals surface area contributed by atoms with Crippen LogP contribution in [0.15, 0.2) is 29.0 Å². The Kier molecular flexibility index (Phi) is 2.72. The summed E-state index contributed by atoms with van der Waals surface area (Å²) < 4.78 is 10.6. The van der Waals surface area contributed by atoms with E-state index < -0.39 is 0 Å². The van der Waals surface area contributed by atoms with Crippen molar-refractivity contribution in [2.45, 2.75) is 0 Å². The monoisotopic (exact) mass is 247 g/mol. The Balaban J connectivity index is 1.80. The molecule has 96 valence electrons. The number of hydrogen-bond donors (Lipinski definition) is 1. The largest absolute Gasteiger partial charge is 0.443 e. The lowest BCUT2D eigenvalue weighted by atomic mass is 9.85. The van der Waals surface area contributed by atoms with E-state index in [4.69, 9.17) is 14.9 Å².